The molecule has 0 bridgehead atoms. The summed E-state index contributed by atoms with van der Waals surface area (Å²) < 4.78 is 35.3. The summed E-state index contributed by atoms with van der Waals surface area (Å²) in [5.74, 6) is 1.67. The highest BCUT2D eigenvalue weighted by atomic mass is 32.2. The van der Waals surface area contributed by atoms with E-state index in [1.807, 2.05) is 52.0 Å². The van der Waals surface area contributed by atoms with Gasteiger partial charge in [0.25, 0.3) is 10.0 Å². The monoisotopic (exact) mass is 397 g/mol. The van der Waals surface area contributed by atoms with Crippen LogP contribution >= 0.6 is 0 Å². The smallest absolute Gasteiger partial charge is 0.262 e. The van der Waals surface area contributed by atoms with Gasteiger partial charge in [0.2, 0.25) is 0 Å². The van der Waals surface area contributed by atoms with Crippen molar-refractivity contribution in [1.82, 2.24) is 0 Å². The molecule has 0 saturated heterocycles. The van der Waals surface area contributed by atoms with Crippen molar-refractivity contribution in [3.8, 4) is 0 Å². The quantitative estimate of drug-likeness (QED) is 0.626. The van der Waals surface area contributed by atoms with Crippen LogP contribution in [0.2, 0.25) is 0 Å². The van der Waals surface area contributed by atoms with E-state index < -0.39 is 10.0 Å². The third-order valence-electron chi connectivity index (χ3n) is 5.76. The predicted molar refractivity (Wildman–Crippen MR) is 114 cm³/mol. The topological polar surface area (TPSA) is 59.3 Å². The molecule has 28 heavy (non-hydrogen) atoms. The van der Waals surface area contributed by atoms with Gasteiger partial charge in [0.15, 0.2) is 0 Å². The average Bonchev–Trinajstić information content (AvgIpc) is 2.90. The van der Waals surface area contributed by atoms with Gasteiger partial charge in [-0.2, -0.15) is 0 Å². The molecule has 0 fully saturated rings. The third-order valence-corrected chi connectivity index (χ3v) is 7.43. The van der Waals surface area contributed by atoms with Gasteiger partial charge in [-0.1, -0.05) is 24.6 Å². The lowest BCUT2D eigenvalue weighted by Gasteiger charge is -2.17. The van der Waals surface area contributed by atoms with Crippen molar-refractivity contribution in [1.29, 1.82) is 0 Å². The second-order valence-electron chi connectivity index (χ2n) is 8.35. The van der Waals surface area contributed by atoms with Crippen molar-refractivity contribution in [2.24, 2.45) is 5.92 Å². The van der Waals surface area contributed by atoms with Gasteiger partial charge in [0, 0.05) is 17.4 Å². The van der Waals surface area contributed by atoms with E-state index in [0.717, 1.165) is 58.2 Å². The summed E-state index contributed by atoms with van der Waals surface area (Å²) in [5, 5.41) is 1.03. The van der Waals surface area contributed by atoms with Gasteiger partial charge >= 0.3 is 0 Å². The minimum atomic E-state index is -3.68. The number of aryl methyl sites for hydroxylation is 5. The first-order valence-corrected chi connectivity index (χ1v) is 11.3. The molecule has 3 aromatic rings. The van der Waals surface area contributed by atoms with E-state index in [4.69, 9.17) is 4.42 Å². The maximum atomic E-state index is 13.2. The summed E-state index contributed by atoms with van der Waals surface area (Å²) in [4.78, 5) is 0.362. The lowest BCUT2D eigenvalue weighted by molar-refractivity contribution is 0.438. The zero-order valence-electron chi connectivity index (χ0n) is 17.1. The maximum absolute atomic E-state index is 13.2. The van der Waals surface area contributed by atoms with Crippen LogP contribution in [0, 0.1) is 33.6 Å². The van der Waals surface area contributed by atoms with Crippen LogP contribution in [0.3, 0.4) is 0 Å². The number of nitrogens with one attached hydrogen (secondary N) is 1. The van der Waals surface area contributed by atoms with E-state index in [2.05, 4.69) is 11.6 Å². The van der Waals surface area contributed by atoms with E-state index >= 15 is 0 Å². The second-order valence-corrected chi connectivity index (χ2v) is 9.97. The molecule has 1 heterocycles. The van der Waals surface area contributed by atoms with E-state index in [1.165, 1.54) is 5.56 Å². The minimum absolute atomic E-state index is 0.362. The third kappa shape index (κ3) is 3.22. The van der Waals surface area contributed by atoms with Crippen LogP contribution in [0.5, 0.6) is 0 Å². The molecule has 1 aliphatic rings. The Hall–Kier alpha value is -2.27. The molecule has 0 amide bonds. The standard InChI is InChI=1S/C23H27NO3S/c1-13-6-7-21-18(10-13)19-12-20(15(3)11-22(19)27-21)24-28(25,26)23-16(4)8-14(2)9-17(23)5/h8-9,11-13,24H,6-7,10H2,1-5H3/t13-/m0/s1. The Labute approximate surface area is 167 Å². The molecule has 2 aromatic carbocycles. The highest BCUT2D eigenvalue weighted by molar-refractivity contribution is 7.92. The Morgan fingerprint density at radius 1 is 1.00 bits per heavy atom. The lowest BCUT2D eigenvalue weighted by Crippen LogP contribution is -2.16. The molecule has 148 valence electrons. The molecule has 0 unspecified atom stereocenters. The number of rotatable bonds is 3. The second kappa shape index (κ2) is 6.66. The van der Waals surface area contributed by atoms with Crippen LogP contribution in [0.25, 0.3) is 11.0 Å². The Balaban J connectivity index is 1.79. The van der Waals surface area contributed by atoms with Gasteiger partial charge in [-0.05, 0) is 75.3 Å². The Kier molecular flexibility index (Phi) is 4.53. The highest BCUT2D eigenvalue weighted by Crippen LogP contribution is 2.37. The van der Waals surface area contributed by atoms with E-state index in [0.29, 0.717) is 16.5 Å². The summed E-state index contributed by atoms with van der Waals surface area (Å²) in [6.07, 6.45) is 3.07. The highest BCUT2D eigenvalue weighted by Gasteiger charge is 2.25. The molecular weight excluding hydrogens is 370 g/mol. The van der Waals surface area contributed by atoms with Crippen molar-refractivity contribution in [3.63, 3.8) is 0 Å². The van der Waals surface area contributed by atoms with Gasteiger partial charge < -0.3 is 4.42 Å². The predicted octanol–water partition coefficient (Wildman–Crippen LogP) is 5.59. The minimum Gasteiger partial charge on any atom is -0.461 e. The van der Waals surface area contributed by atoms with E-state index in [-0.39, 0.29) is 0 Å². The maximum Gasteiger partial charge on any atom is 0.262 e. The molecule has 0 aliphatic heterocycles. The Morgan fingerprint density at radius 3 is 2.36 bits per heavy atom. The molecule has 4 rings (SSSR count). The average molecular weight is 398 g/mol. The number of sulfonamides is 1. The fourth-order valence-corrected chi connectivity index (χ4v) is 6.07. The Morgan fingerprint density at radius 2 is 1.68 bits per heavy atom. The van der Waals surface area contributed by atoms with Crippen LogP contribution in [-0.2, 0) is 22.9 Å². The first-order valence-electron chi connectivity index (χ1n) is 9.81. The largest absolute Gasteiger partial charge is 0.461 e. The number of benzene rings is 2. The van der Waals surface area contributed by atoms with Crippen molar-refractivity contribution in [3.05, 3.63) is 57.8 Å². The van der Waals surface area contributed by atoms with Crippen molar-refractivity contribution in [2.45, 2.75) is 58.8 Å². The first kappa shape index (κ1) is 19.1. The zero-order valence-corrected chi connectivity index (χ0v) is 18.0. The zero-order chi connectivity index (χ0) is 20.2. The fourth-order valence-electron chi connectivity index (χ4n) is 4.50. The van der Waals surface area contributed by atoms with Crippen molar-refractivity contribution < 1.29 is 12.8 Å². The molecular formula is C23H27NO3S. The van der Waals surface area contributed by atoms with Gasteiger partial charge in [-0.15, -0.1) is 0 Å². The van der Waals surface area contributed by atoms with E-state index in [1.54, 1.807) is 0 Å². The molecule has 0 spiro atoms. The molecule has 1 N–H and O–H groups in total. The summed E-state index contributed by atoms with van der Waals surface area (Å²) >= 11 is 0. The molecule has 0 radical (unpaired) electrons. The fraction of sp³-hybridized carbons (Fsp3) is 0.391. The molecule has 1 aliphatic carbocycles. The van der Waals surface area contributed by atoms with Crippen molar-refractivity contribution in [2.75, 3.05) is 4.72 Å². The summed E-state index contributed by atoms with van der Waals surface area (Å²) in [7, 11) is -3.68. The van der Waals surface area contributed by atoms with Gasteiger partial charge in [0.05, 0.1) is 10.6 Å². The van der Waals surface area contributed by atoms with Gasteiger partial charge in [-0.25, -0.2) is 8.42 Å². The van der Waals surface area contributed by atoms with E-state index in [9.17, 15) is 8.42 Å². The first-order chi connectivity index (χ1) is 13.2. The number of fused-ring (bicyclic) bond motifs is 3. The number of furan rings is 1. The normalized spacial score (nSPS) is 17.0. The number of anilines is 1. The summed E-state index contributed by atoms with van der Waals surface area (Å²) in [6.45, 7) is 9.83. The number of hydrogen-bond donors (Lipinski definition) is 1. The molecule has 0 saturated carbocycles. The SMILES string of the molecule is Cc1cc(C)c(S(=O)(=O)Nc2cc3c4c(oc3cc2C)CC[C@H](C)C4)c(C)c1. The lowest BCUT2D eigenvalue weighted by atomic mass is 9.88. The van der Waals surface area contributed by atoms with Gasteiger partial charge in [-0.3, -0.25) is 4.72 Å². The van der Waals surface area contributed by atoms with Gasteiger partial charge in [0.1, 0.15) is 11.3 Å². The van der Waals surface area contributed by atoms with Crippen LogP contribution in [0.15, 0.2) is 33.6 Å². The molecule has 1 aromatic heterocycles. The van der Waals surface area contributed by atoms with Crippen LogP contribution < -0.4 is 4.72 Å². The van der Waals surface area contributed by atoms with Crippen LogP contribution in [0.4, 0.5) is 5.69 Å². The molecule has 4 nitrogen and oxygen atoms in total. The van der Waals surface area contributed by atoms with Crippen molar-refractivity contribution >= 4 is 26.7 Å². The molecule has 5 heteroatoms. The summed E-state index contributed by atoms with van der Waals surface area (Å²) in [5.41, 5.74) is 6.15. The number of hydrogen-bond acceptors (Lipinski definition) is 3. The van der Waals surface area contributed by atoms with Crippen LogP contribution in [0.1, 0.15) is 46.9 Å². The summed E-state index contributed by atoms with van der Waals surface area (Å²) in [6, 6.07) is 7.71. The Bertz CT molecular complexity index is 1170. The molecule has 1 atom stereocenters. The van der Waals surface area contributed by atoms with Crippen LogP contribution in [-0.4, -0.2) is 8.42 Å².